The number of thiophene rings is 1. The van der Waals surface area contributed by atoms with Gasteiger partial charge in [-0.1, -0.05) is 199 Å². The Morgan fingerprint density at radius 1 is 0.333 bits per heavy atom. The van der Waals surface area contributed by atoms with Gasteiger partial charge in [0.25, 0.3) is 6.71 Å². The van der Waals surface area contributed by atoms with Gasteiger partial charge in [0.2, 0.25) is 0 Å². The van der Waals surface area contributed by atoms with E-state index in [1.165, 1.54) is 103 Å². The highest BCUT2D eigenvalue weighted by Gasteiger charge is 2.46. The molecule has 0 unspecified atom stereocenters. The summed E-state index contributed by atoms with van der Waals surface area (Å²) in [4.78, 5) is 7.69. The second kappa shape index (κ2) is 19.2. The van der Waals surface area contributed by atoms with Gasteiger partial charge >= 0.3 is 0 Å². The smallest absolute Gasteiger partial charge is 0.254 e. The molecule has 0 spiro atoms. The largest absolute Gasteiger partial charge is 0.311 e. The van der Waals surface area contributed by atoms with Gasteiger partial charge < -0.3 is 23.8 Å². The summed E-state index contributed by atoms with van der Waals surface area (Å²) in [6.07, 6.45) is 0. The first-order valence-corrected chi connectivity index (χ1v) is 31.3. The van der Waals surface area contributed by atoms with Gasteiger partial charge in [-0.25, -0.2) is 0 Å². The summed E-state index contributed by atoms with van der Waals surface area (Å²) in [6.45, 7) is 13.7. The second-order valence-corrected chi connectivity index (χ2v) is 26.8. The molecule has 12 aromatic carbocycles. The summed E-state index contributed by atoms with van der Waals surface area (Å²) in [7, 11) is 0. The van der Waals surface area contributed by atoms with E-state index in [1.807, 2.05) is 11.3 Å². The van der Waals surface area contributed by atoms with Gasteiger partial charge in [-0.2, -0.15) is 0 Å². The highest BCUT2D eigenvalue weighted by atomic mass is 32.1. The molecular weight excluding hydrogens is 1070 g/mol. The van der Waals surface area contributed by atoms with Crippen molar-refractivity contribution < 1.29 is 0 Å². The number of fused-ring (bicyclic) bond motifs is 14. The van der Waals surface area contributed by atoms with E-state index in [1.54, 1.807) is 0 Å². The number of hydrogen-bond donors (Lipinski definition) is 0. The van der Waals surface area contributed by atoms with E-state index in [0.717, 1.165) is 51.2 Å². The van der Waals surface area contributed by atoms with Crippen molar-refractivity contribution in [2.24, 2.45) is 0 Å². The molecule has 0 radical (unpaired) electrons. The Balaban J connectivity index is 1.05. The van der Waals surface area contributed by atoms with Gasteiger partial charge in [0.05, 0.1) is 33.4 Å². The fourth-order valence-corrected chi connectivity index (χ4v) is 15.8. The Morgan fingerprint density at radius 2 is 0.747 bits per heavy atom. The number of hydrogen-bond acceptors (Lipinski definition) is 4. The SMILES string of the molecule is CC(C)(C)c1ccc(N2c3cc(-n4c5ccccc5c5ccccc54)ccc3B3c4c2cc(N(c2ccccc2)c2ccccc2)cc4N(c2ccc(C(C)(C)C)cc2)c2cc(-n4c5ccccc5c5ccccc54)c4c(sc5ccccc54)c23)cc1. The molecule has 0 fully saturated rings. The van der Waals surface area contributed by atoms with Crippen LogP contribution in [-0.2, 0) is 10.8 Å². The van der Waals surface area contributed by atoms with Crippen molar-refractivity contribution in [3.8, 4) is 11.4 Å². The van der Waals surface area contributed by atoms with Crippen LogP contribution in [0.3, 0.4) is 0 Å². The predicted octanol–water partition coefficient (Wildman–Crippen LogP) is 20.4. The Kier molecular flexibility index (Phi) is 11.3. The molecule has 0 bridgehead atoms. The van der Waals surface area contributed by atoms with Gasteiger partial charge in [0.1, 0.15) is 0 Å². The maximum absolute atomic E-state index is 2.63. The zero-order valence-corrected chi connectivity index (χ0v) is 50.4. The summed E-state index contributed by atoms with van der Waals surface area (Å²) < 4.78 is 7.61. The van der Waals surface area contributed by atoms with Crippen LogP contribution in [0.1, 0.15) is 52.7 Å². The average Bonchev–Trinajstić information content (AvgIpc) is 1.62. The minimum absolute atomic E-state index is 0.0431. The third-order valence-corrected chi connectivity index (χ3v) is 19.8. The summed E-state index contributed by atoms with van der Waals surface area (Å²) >= 11 is 1.94. The third-order valence-electron chi connectivity index (χ3n) is 18.6. The van der Waals surface area contributed by atoms with Gasteiger partial charge in [-0.3, -0.25) is 0 Å². The topological polar surface area (TPSA) is 19.6 Å². The van der Waals surface area contributed by atoms with E-state index in [2.05, 4.69) is 332 Å². The zero-order valence-electron chi connectivity index (χ0n) is 49.6. The lowest BCUT2D eigenvalue weighted by Gasteiger charge is -2.45. The molecule has 0 amide bonds. The molecule has 416 valence electrons. The van der Waals surface area contributed by atoms with Crippen LogP contribution in [0, 0.1) is 0 Å². The predicted molar refractivity (Wildman–Crippen MR) is 374 cm³/mol. The van der Waals surface area contributed by atoms with Crippen LogP contribution >= 0.6 is 11.3 Å². The van der Waals surface area contributed by atoms with Crippen LogP contribution in [0.2, 0.25) is 0 Å². The molecule has 2 aliphatic heterocycles. The lowest BCUT2D eigenvalue weighted by molar-refractivity contribution is 0.590. The number of aromatic nitrogens is 2. The van der Waals surface area contributed by atoms with E-state index < -0.39 is 0 Å². The van der Waals surface area contributed by atoms with Crippen molar-refractivity contribution in [1.29, 1.82) is 0 Å². The van der Waals surface area contributed by atoms with Gasteiger partial charge in [-0.15, -0.1) is 11.3 Å². The van der Waals surface area contributed by atoms with Crippen molar-refractivity contribution in [3.05, 3.63) is 278 Å². The lowest BCUT2D eigenvalue weighted by atomic mass is 9.33. The van der Waals surface area contributed by atoms with Gasteiger partial charge in [0, 0.05) is 92.9 Å². The Labute approximate surface area is 511 Å². The standard InChI is InChI=1S/C80H62BN5S/c1-79(2,3)51-37-41-55(42-38-51)83-69-47-57(85-65-32-18-13-27-59(65)60-28-14-19-33-66(60)85)45-46-64(69)81-76-71(83)48-58(82(53-23-9-7-10-24-53)54-25-11-8-12-26-54)49-72(76)84(56-43-39-52(40-44-56)80(4,5)6)73-50-70(75-63-31-17-22-36-74(63)87-78(75)77(73)81)86-67-34-20-15-29-61(67)62-30-16-21-35-68(62)86/h7-50H,1-6H3. The fraction of sp³-hybridized carbons (Fsp3) is 0.100. The highest BCUT2D eigenvalue weighted by Crippen LogP contribution is 2.52. The first-order valence-electron chi connectivity index (χ1n) is 30.4. The molecular formula is C80H62BN5S. The summed E-state index contributed by atoms with van der Waals surface area (Å²) in [5, 5.41) is 7.50. The molecule has 87 heavy (non-hydrogen) atoms. The van der Waals surface area contributed by atoms with Crippen molar-refractivity contribution in [1.82, 2.24) is 9.13 Å². The zero-order chi connectivity index (χ0) is 58.4. The minimum atomic E-state index is -0.193. The number of rotatable bonds is 7. The lowest BCUT2D eigenvalue weighted by Crippen LogP contribution is -2.61. The van der Waals surface area contributed by atoms with Crippen molar-refractivity contribution in [2.75, 3.05) is 14.7 Å². The Morgan fingerprint density at radius 3 is 1.24 bits per heavy atom. The number of para-hydroxylation sites is 6. The van der Waals surface area contributed by atoms with E-state index >= 15 is 0 Å². The third kappa shape index (κ3) is 7.85. The number of nitrogens with zero attached hydrogens (tertiary/aromatic N) is 5. The van der Waals surface area contributed by atoms with Crippen molar-refractivity contribution in [2.45, 2.75) is 52.4 Å². The second-order valence-electron chi connectivity index (χ2n) is 25.7. The molecule has 17 rings (SSSR count). The van der Waals surface area contributed by atoms with Crippen LogP contribution in [0.15, 0.2) is 267 Å². The van der Waals surface area contributed by atoms with Gasteiger partial charge in [0.15, 0.2) is 0 Å². The molecule has 0 saturated carbocycles. The summed E-state index contributed by atoms with van der Waals surface area (Å²) in [6, 6.07) is 101. The average molecular weight is 1140 g/mol. The minimum Gasteiger partial charge on any atom is -0.311 e. The van der Waals surface area contributed by atoms with Crippen molar-refractivity contribution >= 4 is 149 Å². The maximum atomic E-state index is 2.63. The normalized spacial score (nSPS) is 13.1. The highest BCUT2D eigenvalue weighted by molar-refractivity contribution is 7.28. The van der Waals surface area contributed by atoms with Crippen LogP contribution in [0.5, 0.6) is 0 Å². The number of benzene rings is 12. The summed E-state index contributed by atoms with van der Waals surface area (Å²) in [5.74, 6) is 0. The molecule has 0 N–H and O–H groups in total. The quantitative estimate of drug-likeness (QED) is 0.148. The first kappa shape index (κ1) is 51.4. The molecule has 5 heterocycles. The van der Waals surface area contributed by atoms with Crippen LogP contribution in [0.25, 0.3) is 75.2 Å². The number of anilines is 9. The van der Waals surface area contributed by atoms with E-state index in [0.29, 0.717) is 0 Å². The summed E-state index contributed by atoms with van der Waals surface area (Å²) in [5.41, 5.74) is 23.4. The molecule has 2 aliphatic rings. The molecule has 3 aromatic heterocycles. The van der Waals surface area contributed by atoms with Crippen LogP contribution in [-0.4, -0.2) is 15.8 Å². The molecule has 5 nitrogen and oxygen atoms in total. The molecule has 15 aromatic rings. The Hall–Kier alpha value is -10.1. The van der Waals surface area contributed by atoms with Gasteiger partial charge in [-0.05, 0) is 148 Å². The monoisotopic (exact) mass is 1140 g/mol. The maximum Gasteiger partial charge on any atom is 0.254 e. The Bertz CT molecular complexity index is 5090. The first-order chi connectivity index (χ1) is 42.5. The molecule has 0 atom stereocenters. The molecule has 7 heteroatoms. The molecule has 0 saturated heterocycles. The van der Waals surface area contributed by atoms with Crippen LogP contribution in [0.4, 0.5) is 51.2 Å². The van der Waals surface area contributed by atoms with E-state index in [4.69, 9.17) is 0 Å². The molecule has 0 aliphatic carbocycles. The van der Waals surface area contributed by atoms with E-state index in [9.17, 15) is 0 Å². The fourth-order valence-electron chi connectivity index (χ4n) is 14.5. The van der Waals surface area contributed by atoms with Crippen LogP contribution < -0.4 is 31.1 Å². The van der Waals surface area contributed by atoms with E-state index in [-0.39, 0.29) is 17.5 Å². The van der Waals surface area contributed by atoms with Crippen molar-refractivity contribution in [3.63, 3.8) is 0 Å².